The van der Waals surface area contributed by atoms with Crippen molar-refractivity contribution in [2.24, 2.45) is 0 Å². The van der Waals surface area contributed by atoms with E-state index in [1.54, 1.807) is 12.3 Å². The summed E-state index contributed by atoms with van der Waals surface area (Å²) in [7, 11) is -3.77. The number of benzene rings is 2. The highest BCUT2D eigenvalue weighted by atomic mass is 32.2. The summed E-state index contributed by atoms with van der Waals surface area (Å²) in [5.41, 5.74) is 1.77. The molecule has 0 unspecified atom stereocenters. The summed E-state index contributed by atoms with van der Waals surface area (Å²) >= 11 is 0. The molecule has 2 N–H and O–H groups in total. The van der Waals surface area contributed by atoms with Gasteiger partial charge in [-0.25, -0.2) is 8.42 Å². The van der Waals surface area contributed by atoms with Crippen LogP contribution in [0.3, 0.4) is 0 Å². The third-order valence-corrected chi connectivity index (χ3v) is 7.29. The number of rotatable bonds is 6. The molecule has 0 amide bonds. The van der Waals surface area contributed by atoms with Crippen LogP contribution in [-0.2, 0) is 21.2 Å². The molecule has 1 saturated heterocycles. The highest BCUT2D eigenvalue weighted by molar-refractivity contribution is 7.89. The first kappa shape index (κ1) is 22.9. The minimum Gasteiger partial charge on any atom is -0.481 e. The molecule has 1 aliphatic heterocycles. The van der Waals surface area contributed by atoms with Gasteiger partial charge in [-0.05, 0) is 42.0 Å². The van der Waals surface area contributed by atoms with Gasteiger partial charge in [-0.15, -0.1) is 13.2 Å². The zero-order valence-electron chi connectivity index (χ0n) is 17.2. The quantitative estimate of drug-likeness (QED) is 0.558. The van der Waals surface area contributed by atoms with Crippen LogP contribution in [0.2, 0.25) is 0 Å². The van der Waals surface area contributed by atoms with E-state index >= 15 is 0 Å². The fraction of sp³-hybridized carbons (Fsp3) is 0.286. The molecule has 0 radical (unpaired) electrons. The molecule has 0 atom stereocenters. The maximum atomic E-state index is 13.1. The lowest BCUT2D eigenvalue weighted by atomic mass is 10.1. The van der Waals surface area contributed by atoms with E-state index in [4.69, 9.17) is 5.11 Å². The SMILES string of the molecule is O=C(O)Cc1c[nH]c2cc(S(=O)(=O)N3CCN(c4ccc(OC(F)(F)F)cc4)CC3)ccc12. The molecule has 0 spiro atoms. The summed E-state index contributed by atoms with van der Waals surface area (Å²) in [6.45, 7) is 1.14. The predicted molar refractivity (Wildman–Crippen MR) is 114 cm³/mol. The Morgan fingerprint density at radius 3 is 2.33 bits per heavy atom. The Morgan fingerprint density at radius 1 is 1.06 bits per heavy atom. The smallest absolute Gasteiger partial charge is 0.481 e. The number of aromatic nitrogens is 1. The van der Waals surface area contributed by atoms with E-state index in [-0.39, 0.29) is 30.2 Å². The first-order valence-electron chi connectivity index (χ1n) is 9.96. The van der Waals surface area contributed by atoms with Crippen molar-refractivity contribution in [2.45, 2.75) is 17.7 Å². The molecule has 1 aromatic heterocycles. The van der Waals surface area contributed by atoms with Crippen molar-refractivity contribution in [1.29, 1.82) is 0 Å². The Balaban J connectivity index is 1.44. The van der Waals surface area contributed by atoms with E-state index in [1.807, 2.05) is 4.90 Å². The molecule has 2 heterocycles. The number of aromatic amines is 1. The Hall–Kier alpha value is -3.25. The second-order valence-corrected chi connectivity index (χ2v) is 9.46. The molecule has 3 aromatic rings. The summed E-state index contributed by atoms with van der Waals surface area (Å²) in [4.78, 5) is 15.9. The Labute approximate surface area is 187 Å². The molecule has 0 saturated carbocycles. The van der Waals surface area contributed by atoms with Gasteiger partial charge in [0.2, 0.25) is 10.0 Å². The number of H-pyrrole nitrogens is 1. The number of alkyl halides is 3. The molecule has 1 aliphatic rings. The first-order chi connectivity index (χ1) is 15.5. The van der Waals surface area contributed by atoms with E-state index in [9.17, 15) is 26.4 Å². The molecule has 12 heteroatoms. The maximum Gasteiger partial charge on any atom is 0.573 e. The molecule has 1 fully saturated rings. The lowest BCUT2D eigenvalue weighted by Gasteiger charge is -2.35. The summed E-state index contributed by atoms with van der Waals surface area (Å²) < 4.78 is 68.4. The summed E-state index contributed by atoms with van der Waals surface area (Å²) in [5, 5.41) is 9.64. The average Bonchev–Trinajstić information content (AvgIpc) is 3.15. The molecule has 2 aromatic carbocycles. The number of anilines is 1. The molecular weight excluding hydrogens is 463 g/mol. The van der Waals surface area contributed by atoms with Crippen molar-refractivity contribution in [3.05, 3.63) is 54.2 Å². The van der Waals surface area contributed by atoms with Gasteiger partial charge in [-0.1, -0.05) is 6.07 Å². The first-order valence-corrected chi connectivity index (χ1v) is 11.4. The van der Waals surface area contributed by atoms with Crippen LogP contribution < -0.4 is 9.64 Å². The van der Waals surface area contributed by atoms with E-state index in [0.29, 0.717) is 35.2 Å². The van der Waals surface area contributed by atoms with Gasteiger partial charge >= 0.3 is 12.3 Å². The number of nitrogens with one attached hydrogen (secondary N) is 1. The van der Waals surface area contributed by atoms with Gasteiger partial charge in [0.05, 0.1) is 11.3 Å². The van der Waals surface area contributed by atoms with Crippen LogP contribution in [0.25, 0.3) is 10.9 Å². The molecular formula is C21H20F3N3O5S. The Kier molecular flexibility index (Phi) is 5.97. The highest BCUT2D eigenvalue weighted by Gasteiger charge is 2.32. The van der Waals surface area contributed by atoms with Crippen LogP contribution in [0, 0.1) is 0 Å². The second-order valence-electron chi connectivity index (χ2n) is 7.52. The van der Waals surface area contributed by atoms with Gasteiger partial charge in [-0.2, -0.15) is 4.31 Å². The Morgan fingerprint density at radius 2 is 1.73 bits per heavy atom. The number of hydrogen-bond donors (Lipinski definition) is 2. The number of aliphatic carboxylic acids is 1. The topological polar surface area (TPSA) is 103 Å². The minimum absolute atomic E-state index is 0.0980. The van der Waals surface area contributed by atoms with Gasteiger partial charge in [0.15, 0.2) is 0 Å². The van der Waals surface area contributed by atoms with E-state index in [1.165, 1.54) is 40.7 Å². The lowest BCUT2D eigenvalue weighted by molar-refractivity contribution is -0.274. The van der Waals surface area contributed by atoms with Crippen molar-refractivity contribution < 1.29 is 36.2 Å². The molecule has 33 heavy (non-hydrogen) atoms. The average molecular weight is 483 g/mol. The number of nitrogens with zero attached hydrogens (tertiary/aromatic N) is 2. The van der Waals surface area contributed by atoms with Gasteiger partial charge in [-0.3, -0.25) is 4.79 Å². The second kappa shape index (κ2) is 8.60. The highest BCUT2D eigenvalue weighted by Crippen LogP contribution is 2.28. The number of fused-ring (bicyclic) bond motifs is 1. The predicted octanol–water partition coefficient (Wildman–Crippen LogP) is 3.20. The third kappa shape index (κ3) is 5.06. The maximum absolute atomic E-state index is 13.1. The van der Waals surface area contributed by atoms with Crippen LogP contribution in [0.15, 0.2) is 53.6 Å². The molecule has 4 rings (SSSR count). The van der Waals surface area contributed by atoms with Crippen LogP contribution in [-0.4, -0.2) is 61.3 Å². The van der Waals surface area contributed by atoms with Crippen molar-refractivity contribution >= 4 is 32.6 Å². The zero-order valence-corrected chi connectivity index (χ0v) is 18.0. The normalized spacial score (nSPS) is 15.7. The number of carboxylic acids is 1. The van der Waals surface area contributed by atoms with Gasteiger partial charge in [0, 0.05) is 49.0 Å². The Bertz CT molecular complexity index is 1260. The zero-order chi connectivity index (χ0) is 23.8. The monoisotopic (exact) mass is 483 g/mol. The number of carboxylic acid groups (broad SMARTS) is 1. The standard InChI is InChI=1S/C21H20F3N3O5S/c22-21(23,24)32-16-3-1-15(2-4-16)26-7-9-27(10-8-26)33(30,31)17-5-6-18-14(11-20(28)29)13-25-19(18)12-17/h1-6,12-13,25H,7-11H2,(H,28,29). The summed E-state index contributed by atoms with van der Waals surface area (Å²) in [6, 6.07) is 9.98. The van der Waals surface area contributed by atoms with E-state index in [2.05, 4.69) is 9.72 Å². The van der Waals surface area contributed by atoms with Crippen molar-refractivity contribution in [2.75, 3.05) is 31.1 Å². The third-order valence-electron chi connectivity index (χ3n) is 5.39. The van der Waals surface area contributed by atoms with Crippen LogP contribution in [0.5, 0.6) is 5.75 Å². The number of piperazine rings is 1. The van der Waals surface area contributed by atoms with Crippen LogP contribution in [0.4, 0.5) is 18.9 Å². The van der Waals surface area contributed by atoms with Crippen LogP contribution >= 0.6 is 0 Å². The van der Waals surface area contributed by atoms with Crippen molar-refractivity contribution in [1.82, 2.24) is 9.29 Å². The van der Waals surface area contributed by atoms with Crippen molar-refractivity contribution in [3.8, 4) is 5.75 Å². The minimum atomic E-state index is -4.76. The number of sulfonamides is 1. The van der Waals surface area contributed by atoms with Gasteiger partial charge in [0.25, 0.3) is 0 Å². The van der Waals surface area contributed by atoms with Gasteiger partial charge in [0.1, 0.15) is 5.75 Å². The number of halogens is 3. The van der Waals surface area contributed by atoms with Crippen LogP contribution in [0.1, 0.15) is 5.56 Å². The molecule has 8 nitrogen and oxygen atoms in total. The largest absolute Gasteiger partial charge is 0.573 e. The number of carbonyl (C=O) groups is 1. The van der Waals surface area contributed by atoms with E-state index in [0.717, 1.165) is 0 Å². The number of ether oxygens (including phenoxy) is 1. The fourth-order valence-corrected chi connectivity index (χ4v) is 5.28. The van der Waals surface area contributed by atoms with Gasteiger partial charge < -0.3 is 19.7 Å². The van der Waals surface area contributed by atoms with E-state index < -0.39 is 22.4 Å². The molecule has 0 bridgehead atoms. The fourth-order valence-electron chi connectivity index (χ4n) is 3.83. The van der Waals surface area contributed by atoms with Crippen molar-refractivity contribution in [3.63, 3.8) is 0 Å². The summed E-state index contributed by atoms with van der Waals surface area (Å²) in [6.07, 6.45) is -3.38. The molecule has 176 valence electrons. The summed E-state index contributed by atoms with van der Waals surface area (Å²) in [5.74, 6) is -1.30. The lowest BCUT2D eigenvalue weighted by Crippen LogP contribution is -2.48. The number of hydrogen-bond acceptors (Lipinski definition) is 5. The molecule has 0 aliphatic carbocycles.